The normalized spacial score (nSPS) is 16.7. The Bertz CT molecular complexity index is 870. The van der Waals surface area contributed by atoms with Crippen LogP contribution in [0.4, 0.5) is 5.69 Å². The molecule has 2 amide bonds. The first-order chi connectivity index (χ1) is 13.0. The number of rotatable bonds is 4. The summed E-state index contributed by atoms with van der Waals surface area (Å²) in [6.45, 7) is 6.33. The lowest BCUT2D eigenvalue weighted by Gasteiger charge is -2.35. The van der Waals surface area contributed by atoms with Gasteiger partial charge in [0, 0.05) is 24.1 Å². The van der Waals surface area contributed by atoms with Gasteiger partial charge in [0.05, 0.1) is 37.3 Å². The minimum Gasteiger partial charge on any atom is -0.377 e. The number of ether oxygens (including phenoxy) is 1. The van der Waals surface area contributed by atoms with E-state index in [1.54, 1.807) is 17.0 Å². The molecule has 8 heteroatoms. The average molecular weight is 387 g/mol. The van der Waals surface area contributed by atoms with E-state index in [9.17, 15) is 9.59 Å². The SMILES string of the molecule is C=CC(=O)N1CCOCC1c1cc(Cl)cc(-c2ncc(NC(C)=O)cn2)c1. The number of halogens is 1. The van der Waals surface area contributed by atoms with Gasteiger partial charge >= 0.3 is 0 Å². The average Bonchev–Trinajstić information content (AvgIpc) is 2.67. The highest BCUT2D eigenvalue weighted by Gasteiger charge is 2.28. The molecule has 0 radical (unpaired) electrons. The number of hydrogen-bond donors (Lipinski definition) is 1. The zero-order chi connectivity index (χ0) is 19.4. The van der Waals surface area contributed by atoms with E-state index >= 15 is 0 Å². The van der Waals surface area contributed by atoms with Crippen molar-refractivity contribution in [3.8, 4) is 11.4 Å². The molecule has 1 saturated heterocycles. The summed E-state index contributed by atoms with van der Waals surface area (Å²) in [5, 5.41) is 3.13. The van der Waals surface area contributed by atoms with Crippen molar-refractivity contribution < 1.29 is 14.3 Å². The van der Waals surface area contributed by atoms with Crippen molar-refractivity contribution in [2.24, 2.45) is 0 Å². The van der Waals surface area contributed by atoms with Crippen molar-refractivity contribution in [1.82, 2.24) is 14.9 Å². The first kappa shape index (κ1) is 19.0. The minimum absolute atomic E-state index is 0.152. The second-order valence-corrected chi connectivity index (χ2v) is 6.51. The molecule has 1 aromatic heterocycles. The molecule has 7 nitrogen and oxygen atoms in total. The molecule has 1 aliphatic heterocycles. The van der Waals surface area contributed by atoms with Crippen molar-refractivity contribution >= 4 is 29.1 Å². The van der Waals surface area contributed by atoms with Gasteiger partial charge in [-0.1, -0.05) is 18.2 Å². The zero-order valence-corrected chi connectivity index (χ0v) is 15.6. The Morgan fingerprint density at radius 1 is 1.33 bits per heavy atom. The smallest absolute Gasteiger partial charge is 0.246 e. The van der Waals surface area contributed by atoms with Crippen LogP contribution in [0.5, 0.6) is 0 Å². The predicted molar refractivity (Wildman–Crippen MR) is 102 cm³/mol. The second kappa shape index (κ2) is 8.28. The van der Waals surface area contributed by atoms with Crippen LogP contribution in [0.1, 0.15) is 18.5 Å². The number of nitrogens with one attached hydrogen (secondary N) is 1. The standard InChI is InChI=1S/C19H19ClN4O3/c1-3-18(26)24-4-5-27-11-17(24)13-6-14(8-15(20)7-13)19-21-9-16(10-22-19)23-12(2)25/h3,6-10,17H,1,4-5,11H2,2H3,(H,23,25). The molecule has 0 bridgehead atoms. The van der Waals surface area contributed by atoms with Crippen LogP contribution in [0, 0.1) is 0 Å². The Balaban J connectivity index is 1.93. The molecule has 3 rings (SSSR count). The molecule has 2 heterocycles. The maximum atomic E-state index is 12.2. The van der Waals surface area contributed by atoms with Gasteiger partial charge in [-0.25, -0.2) is 9.97 Å². The monoisotopic (exact) mass is 386 g/mol. The summed E-state index contributed by atoms with van der Waals surface area (Å²) in [5.74, 6) is 0.118. The van der Waals surface area contributed by atoms with Crippen molar-refractivity contribution in [3.63, 3.8) is 0 Å². The molecular weight excluding hydrogens is 368 g/mol. The lowest BCUT2D eigenvalue weighted by molar-refractivity contribution is -0.134. The van der Waals surface area contributed by atoms with E-state index in [0.717, 1.165) is 5.56 Å². The quantitative estimate of drug-likeness (QED) is 0.817. The fraction of sp³-hybridized carbons (Fsp3) is 0.263. The molecule has 140 valence electrons. The van der Waals surface area contributed by atoms with Gasteiger partial charge in [0.15, 0.2) is 5.82 Å². The van der Waals surface area contributed by atoms with Crippen LogP contribution < -0.4 is 5.32 Å². The van der Waals surface area contributed by atoms with Crippen LogP contribution in [0.15, 0.2) is 43.2 Å². The van der Waals surface area contributed by atoms with E-state index in [0.29, 0.717) is 41.9 Å². The van der Waals surface area contributed by atoms with Crippen molar-refractivity contribution in [1.29, 1.82) is 0 Å². The lowest BCUT2D eigenvalue weighted by Crippen LogP contribution is -2.42. The van der Waals surface area contributed by atoms with Gasteiger partial charge in [0.1, 0.15) is 0 Å². The Morgan fingerprint density at radius 2 is 2.07 bits per heavy atom. The molecule has 1 unspecified atom stereocenters. The summed E-state index contributed by atoms with van der Waals surface area (Å²) in [6.07, 6.45) is 4.36. The van der Waals surface area contributed by atoms with Crippen molar-refractivity contribution in [2.45, 2.75) is 13.0 Å². The van der Waals surface area contributed by atoms with Crippen LogP contribution in [-0.4, -0.2) is 46.4 Å². The van der Waals surface area contributed by atoms with E-state index in [-0.39, 0.29) is 17.9 Å². The highest BCUT2D eigenvalue weighted by atomic mass is 35.5. The first-order valence-electron chi connectivity index (χ1n) is 8.39. The topological polar surface area (TPSA) is 84.4 Å². The second-order valence-electron chi connectivity index (χ2n) is 6.08. The van der Waals surface area contributed by atoms with Gasteiger partial charge < -0.3 is 15.0 Å². The van der Waals surface area contributed by atoms with E-state index in [4.69, 9.17) is 16.3 Å². The van der Waals surface area contributed by atoms with Gasteiger partial charge in [0.25, 0.3) is 0 Å². The van der Waals surface area contributed by atoms with E-state index < -0.39 is 0 Å². The number of morpholine rings is 1. The number of benzene rings is 1. The molecule has 2 aromatic rings. The number of hydrogen-bond acceptors (Lipinski definition) is 5. The molecule has 1 fully saturated rings. The Hall–Kier alpha value is -2.77. The van der Waals surface area contributed by atoms with Crippen molar-refractivity contribution in [3.05, 3.63) is 53.8 Å². The summed E-state index contributed by atoms with van der Waals surface area (Å²) in [5.41, 5.74) is 2.06. The summed E-state index contributed by atoms with van der Waals surface area (Å²) in [4.78, 5) is 33.6. The molecule has 1 aromatic carbocycles. The molecule has 1 N–H and O–H groups in total. The van der Waals surface area contributed by atoms with Gasteiger partial charge in [-0.15, -0.1) is 0 Å². The minimum atomic E-state index is -0.264. The summed E-state index contributed by atoms with van der Waals surface area (Å²) in [6, 6.07) is 5.18. The molecule has 1 atom stereocenters. The van der Waals surface area contributed by atoms with Crippen molar-refractivity contribution in [2.75, 3.05) is 25.1 Å². The molecule has 27 heavy (non-hydrogen) atoms. The third kappa shape index (κ3) is 4.50. The number of nitrogens with zero attached hydrogens (tertiary/aromatic N) is 3. The molecule has 0 saturated carbocycles. The van der Waals surface area contributed by atoms with E-state index in [1.807, 2.05) is 6.07 Å². The summed E-state index contributed by atoms with van der Waals surface area (Å²) in [7, 11) is 0. The van der Waals surface area contributed by atoms with E-state index in [1.165, 1.54) is 25.4 Å². The number of anilines is 1. The highest BCUT2D eigenvalue weighted by Crippen LogP contribution is 2.30. The third-order valence-corrected chi connectivity index (χ3v) is 4.34. The van der Waals surface area contributed by atoms with Crippen LogP contribution in [0.25, 0.3) is 11.4 Å². The number of aromatic nitrogens is 2. The van der Waals surface area contributed by atoms with Gasteiger partial charge in [-0.2, -0.15) is 0 Å². The van der Waals surface area contributed by atoms with Gasteiger partial charge in [-0.3, -0.25) is 9.59 Å². The van der Waals surface area contributed by atoms with Crippen LogP contribution in [0.3, 0.4) is 0 Å². The van der Waals surface area contributed by atoms with Gasteiger partial charge in [0.2, 0.25) is 11.8 Å². The molecule has 1 aliphatic rings. The molecule has 0 spiro atoms. The Kier molecular flexibility index (Phi) is 5.83. The predicted octanol–water partition coefficient (Wildman–Crippen LogP) is 2.84. The Morgan fingerprint density at radius 3 is 2.74 bits per heavy atom. The number of carbonyl (C=O) groups excluding carboxylic acids is 2. The van der Waals surface area contributed by atoms with Crippen LogP contribution >= 0.6 is 11.6 Å². The largest absolute Gasteiger partial charge is 0.377 e. The van der Waals surface area contributed by atoms with Crippen LogP contribution in [-0.2, 0) is 14.3 Å². The maximum absolute atomic E-state index is 12.2. The third-order valence-electron chi connectivity index (χ3n) is 4.12. The molecular formula is C19H19ClN4O3. The maximum Gasteiger partial charge on any atom is 0.246 e. The lowest BCUT2D eigenvalue weighted by atomic mass is 10.0. The number of amides is 2. The van der Waals surface area contributed by atoms with Crippen LogP contribution in [0.2, 0.25) is 5.02 Å². The first-order valence-corrected chi connectivity index (χ1v) is 8.77. The fourth-order valence-corrected chi connectivity index (χ4v) is 3.18. The van der Waals surface area contributed by atoms with E-state index in [2.05, 4.69) is 21.9 Å². The van der Waals surface area contributed by atoms with Gasteiger partial charge in [-0.05, 0) is 29.8 Å². The number of carbonyl (C=O) groups is 2. The summed E-state index contributed by atoms with van der Waals surface area (Å²) >= 11 is 6.30. The highest BCUT2D eigenvalue weighted by molar-refractivity contribution is 6.31. The zero-order valence-electron chi connectivity index (χ0n) is 14.8. The Labute approximate surface area is 162 Å². The summed E-state index contributed by atoms with van der Waals surface area (Å²) < 4.78 is 5.56. The fourth-order valence-electron chi connectivity index (χ4n) is 2.94. The molecule has 0 aliphatic carbocycles.